The van der Waals surface area contributed by atoms with Crippen molar-refractivity contribution in [3.8, 4) is 0 Å². The maximum absolute atomic E-state index is 11.8. The molecule has 1 aliphatic rings. The Morgan fingerprint density at radius 3 is 2.86 bits per heavy atom. The van der Waals surface area contributed by atoms with Gasteiger partial charge >= 0.3 is 0 Å². The number of benzene rings is 1. The van der Waals surface area contributed by atoms with Crippen molar-refractivity contribution >= 4 is 22.6 Å². The Bertz CT molecular complexity index is 685. The molecule has 2 unspecified atom stereocenters. The van der Waals surface area contributed by atoms with Crippen molar-refractivity contribution in [3.05, 3.63) is 35.9 Å². The number of pyridine rings is 1. The van der Waals surface area contributed by atoms with Crippen LogP contribution in [0.25, 0.3) is 10.9 Å². The molecule has 0 saturated carbocycles. The van der Waals surface area contributed by atoms with Gasteiger partial charge in [-0.3, -0.25) is 4.79 Å². The molecule has 1 amide bonds. The van der Waals surface area contributed by atoms with Gasteiger partial charge in [-0.1, -0.05) is 25.1 Å². The second-order valence-corrected chi connectivity index (χ2v) is 5.79. The van der Waals surface area contributed by atoms with Crippen LogP contribution < -0.4 is 16.4 Å². The number of piperidine rings is 1. The topological polar surface area (TPSA) is 85.2 Å². The number of anilines is 1. The van der Waals surface area contributed by atoms with Gasteiger partial charge in [0.2, 0.25) is 0 Å². The summed E-state index contributed by atoms with van der Waals surface area (Å²) in [4.78, 5) is 18.5. The summed E-state index contributed by atoms with van der Waals surface area (Å²) in [6.07, 6.45) is 0.994. The average molecular weight is 284 g/mol. The van der Waals surface area contributed by atoms with Gasteiger partial charge in [-0.05, 0) is 24.5 Å². The first-order valence-corrected chi connectivity index (χ1v) is 7.26. The van der Waals surface area contributed by atoms with E-state index in [9.17, 15) is 4.79 Å². The van der Waals surface area contributed by atoms with Crippen LogP contribution in [-0.2, 0) is 0 Å². The highest BCUT2D eigenvalue weighted by molar-refractivity contribution is 6.01. The summed E-state index contributed by atoms with van der Waals surface area (Å²) in [6, 6.07) is 9.65. The van der Waals surface area contributed by atoms with Crippen molar-refractivity contribution < 1.29 is 4.79 Å². The zero-order valence-electron chi connectivity index (χ0n) is 12.1. The molecule has 5 heteroatoms. The van der Waals surface area contributed by atoms with Gasteiger partial charge in [0.05, 0.1) is 11.1 Å². The first-order chi connectivity index (χ1) is 10.1. The van der Waals surface area contributed by atoms with Gasteiger partial charge in [-0.2, -0.15) is 0 Å². The Morgan fingerprint density at radius 2 is 2.14 bits per heavy atom. The number of carbonyl (C=O) groups excluding carboxylic acids is 1. The summed E-state index contributed by atoms with van der Waals surface area (Å²) < 4.78 is 0. The van der Waals surface area contributed by atoms with E-state index in [0.717, 1.165) is 23.9 Å². The Hall–Kier alpha value is -2.14. The quantitative estimate of drug-likeness (QED) is 0.875. The van der Waals surface area contributed by atoms with Gasteiger partial charge in [0.25, 0.3) is 5.91 Å². The van der Waals surface area contributed by atoms with E-state index < -0.39 is 5.91 Å². The van der Waals surface area contributed by atoms with E-state index in [0.29, 0.717) is 23.8 Å². The number of hydrogen-bond acceptors (Lipinski definition) is 4. The van der Waals surface area contributed by atoms with E-state index in [2.05, 4.69) is 16.8 Å². The first kappa shape index (κ1) is 13.8. The predicted molar refractivity (Wildman–Crippen MR) is 84.2 cm³/mol. The van der Waals surface area contributed by atoms with Crippen LogP contribution in [0.5, 0.6) is 0 Å². The van der Waals surface area contributed by atoms with Gasteiger partial charge in [0, 0.05) is 24.5 Å². The lowest BCUT2D eigenvalue weighted by atomic mass is 9.94. The van der Waals surface area contributed by atoms with E-state index in [-0.39, 0.29) is 6.04 Å². The fourth-order valence-electron chi connectivity index (χ4n) is 2.82. The standard InChI is InChI=1S/C16H20N4O/c1-10-6-7-20(9-13(10)17)16-12(15(18)21)8-11-4-2-3-5-14(11)19-16/h2-5,8,10,13H,6-7,9,17H2,1H3,(H2,18,21). The largest absolute Gasteiger partial charge is 0.365 e. The average Bonchev–Trinajstić information content (AvgIpc) is 2.48. The molecule has 5 nitrogen and oxygen atoms in total. The lowest BCUT2D eigenvalue weighted by molar-refractivity contribution is 0.100. The summed E-state index contributed by atoms with van der Waals surface area (Å²) >= 11 is 0. The maximum Gasteiger partial charge on any atom is 0.252 e. The third-order valence-corrected chi connectivity index (χ3v) is 4.29. The number of primary amides is 1. The lowest BCUT2D eigenvalue weighted by Crippen LogP contribution is -2.48. The predicted octanol–water partition coefficient (Wildman–Crippen LogP) is 1.51. The summed E-state index contributed by atoms with van der Waals surface area (Å²) in [5.74, 6) is 0.692. The molecule has 110 valence electrons. The third-order valence-electron chi connectivity index (χ3n) is 4.29. The number of hydrogen-bond donors (Lipinski definition) is 2. The second-order valence-electron chi connectivity index (χ2n) is 5.79. The first-order valence-electron chi connectivity index (χ1n) is 7.26. The van der Waals surface area contributed by atoms with E-state index in [1.165, 1.54) is 0 Å². The van der Waals surface area contributed by atoms with E-state index in [1.54, 1.807) is 0 Å². The molecule has 1 fully saturated rings. The van der Waals surface area contributed by atoms with Crippen molar-refractivity contribution in [2.45, 2.75) is 19.4 Å². The molecule has 0 aliphatic carbocycles. The lowest BCUT2D eigenvalue weighted by Gasteiger charge is -2.36. The van der Waals surface area contributed by atoms with Crippen LogP contribution in [-0.4, -0.2) is 30.0 Å². The highest BCUT2D eigenvalue weighted by Gasteiger charge is 2.26. The zero-order valence-corrected chi connectivity index (χ0v) is 12.1. The SMILES string of the molecule is CC1CCN(c2nc3ccccc3cc2C(N)=O)CC1N. The molecule has 1 aromatic heterocycles. The van der Waals surface area contributed by atoms with Crippen molar-refractivity contribution in [2.75, 3.05) is 18.0 Å². The highest BCUT2D eigenvalue weighted by Crippen LogP contribution is 2.27. The van der Waals surface area contributed by atoms with Crippen molar-refractivity contribution in [1.29, 1.82) is 0 Å². The minimum Gasteiger partial charge on any atom is -0.365 e. The monoisotopic (exact) mass is 284 g/mol. The van der Waals surface area contributed by atoms with E-state index >= 15 is 0 Å². The minimum absolute atomic E-state index is 0.0905. The van der Waals surface area contributed by atoms with Crippen LogP contribution in [0.3, 0.4) is 0 Å². The van der Waals surface area contributed by atoms with Crippen LogP contribution >= 0.6 is 0 Å². The van der Waals surface area contributed by atoms with Gasteiger partial charge in [-0.15, -0.1) is 0 Å². The molecule has 2 heterocycles. The second kappa shape index (κ2) is 5.33. The Labute approximate surface area is 123 Å². The molecule has 0 bridgehead atoms. The molecule has 1 aliphatic heterocycles. The molecule has 2 atom stereocenters. The number of rotatable bonds is 2. The summed E-state index contributed by atoms with van der Waals surface area (Å²) in [5, 5.41) is 0.921. The zero-order chi connectivity index (χ0) is 15.0. The van der Waals surface area contributed by atoms with Crippen LogP contribution in [0.15, 0.2) is 30.3 Å². The number of para-hydroxylation sites is 1. The van der Waals surface area contributed by atoms with Crippen molar-refractivity contribution in [3.63, 3.8) is 0 Å². The van der Waals surface area contributed by atoms with Gasteiger partial charge in [0.1, 0.15) is 5.82 Å². The highest BCUT2D eigenvalue weighted by atomic mass is 16.1. The number of nitrogens with zero attached hydrogens (tertiary/aromatic N) is 2. The fraction of sp³-hybridized carbons (Fsp3) is 0.375. The van der Waals surface area contributed by atoms with Gasteiger partial charge in [-0.25, -0.2) is 4.98 Å². The fourth-order valence-corrected chi connectivity index (χ4v) is 2.82. The smallest absolute Gasteiger partial charge is 0.252 e. The van der Waals surface area contributed by atoms with Crippen molar-refractivity contribution in [1.82, 2.24) is 4.98 Å². The van der Waals surface area contributed by atoms with Gasteiger partial charge in [0.15, 0.2) is 0 Å². The van der Waals surface area contributed by atoms with Crippen LogP contribution in [0.1, 0.15) is 23.7 Å². The molecule has 0 radical (unpaired) electrons. The molecule has 4 N–H and O–H groups in total. The number of aromatic nitrogens is 1. The summed E-state index contributed by atoms with van der Waals surface area (Å²) in [6.45, 7) is 3.71. The van der Waals surface area contributed by atoms with E-state index in [1.807, 2.05) is 30.3 Å². The number of fused-ring (bicyclic) bond motifs is 1. The van der Waals surface area contributed by atoms with E-state index in [4.69, 9.17) is 11.5 Å². The molecule has 21 heavy (non-hydrogen) atoms. The maximum atomic E-state index is 11.8. The Kier molecular flexibility index (Phi) is 3.51. The third kappa shape index (κ3) is 2.56. The molecule has 1 saturated heterocycles. The number of amides is 1. The molecule has 2 aromatic rings. The van der Waals surface area contributed by atoms with Crippen LogP contribution in [0.4, 0.5) is 5.82 Å². The van der Waals surface area contributed by atoms with Crippen LogP contribution in [0, 0.1) is 5.92 Å². The Morgan fingerprint density at radius 1 is 1.38 bits per heavy atom. The molecule has 1 aromatic carbocycles. The molecule has 0 spiro atoms. The van der Waals surface area contributed by atoms with Crippen LogP contribution in [0.2, 0.25) is 0 Å². The number of nitrogens with two attached hydrogens (primary N) is 2. The summed E-state index contributed by atoms with van der Waals surface area (Å²) in [5.41, 5.74) is 13.0. The summed E-state index contributed by atoms with van der Waals surface area (Å²) in [7, 11) is 0. The molecule has 3 rings (SSSR count). The molecular formula is C16H20N4O. The molecular weight excluding hydrogens is 264 g/mol. The normalized spacial score (nSPS) is 22.5. The van der Waals surface area contributed by atoms with Crippen molar-refractivity contribution in [2.24, 2.45) is 17.4 Å². The Balaban J connectivity index is 2.07. The van der Waals surface area contributed by atoms with Gasteiger partial charge < -0.3 is 16.4 Å². The number of carbonyl (C=O) groups is 1. The minimum atomic E-state index is -0.449.